The topological polar surface area (TPSA) is 59.8 Å². The molecule has 20 heavy (non-hydrogen) atoms. The Hall–Kier alpha value is -1.78. The summed E-state index contributed by atoms with van der Waals surface area (Å²) < 4.78 is 10.0. The van der Waals surface area contributed by atoms with Gasteiger partial charge in [0.2, 0.25) is 5.91 Å². The summed E-state index contributed by atoms with van der Waals surface area (Å²) in [7, 11) is 1.36. The van der Waals surface area contributed by atoms with Crippen molar-refractivity contribution in [2.75, 3.05) is 13.7 Å². The average Bonchev–Trinajstić information content (AvgIpc) is 2.87. The second-order valence-corrected chi connectivity index (χ2v) is 5.35. The first kappa shape index (κ1) is 14.6. The molecule has 5 nitrogen and oxygen atoms in total. The zero-order chi connectivity index (χ0) is 14.5. The van der Waals surface area contributed by atoms with E-state index in [9.17, 15) is 9.59 Å². The van der Waals surface area contributed by atoms with E-state index in [-0.39, 0.29) is 23.7 Å². The van der Waals surface area contributed by atoms with Crippen LogP contribution in [0.1, 0.15) is 31.9 Å². The molecule has 0 aromatic carbocycles. The number of carbonyl (C=O) groups excluding carboxylic acids is 2. The highest BCUT2D eigenvalue weighted by atomic mass is 16.5. The molecule has 0 spiro atoms. The average molecular weight is 279 g/mol. The molecule has 1 atom stereocenters. The standard InChI is InChI=1S/C15H21NO4/c1-11(15(18)19-2)9-16(10-13-7-4-8-20-13)14(17)12-5-3-6-12/h4,7-8,11-12H,3,5-6,9-10H2,1-2H3. The van der Waals surface area contributed by atoms with E-state index in [0.29, 0.717) is 13.1 Å². The summed E-state index contributed by atoms with van der Waals surface area (Å²) in [6, 6.07) is 3.63. The summed E-state index contributed by atoms with van der Waals surface area (Å²) in [6.07, 6.45) is 4.59. The maximum Gasteiger partial charge on any atom is 0.310 e. The van der Waals surface area contributed by atoms with Gasteiger partial charge >= 0.3 is 5.97 Å². The van der Waals surface area contributed by atoms with Gasteiger partial charge in [0.1, 0.15) is 5.76 Å². The minimum atomic E-state index is -0.334. The molecule has 1 aliphatic rings. The van der Waals surface area contributed by atoms with Gasteiger partial charge in [0, 0.05) is 12.5 Å². The SMILES string of the molecule is COC(=O)C(C)CN(Cc1ccco1)C(=O)C1CCC1. The highest BCUT2D eigenvalue weighted by Crippen LogP contribution is 2.29. The van der Waals surface area contributed by atoms with Gasteiger partial charge in [-0.2, -0.15) is 0 Å². The van der Waals surface area contributed by atoms with E-state index in [2.05, 4.69) is 0 Å². The normalized spacial score (nSPS) is 16.3. The Morgan fingerprint density at radius 3 is 2.75 bits per heavy atom. The van der Waals surface area contributed by atoms with Crippen molar-refractivity contribution < 1.29 is 18.7 Å². The van der Waals surface area contributed by atoms with Crippen molar-refractivity contribution in [3.63, 3.8) is 0 Å². The fraction of sp³-hybridized carbons (Fsp3) is 0.600. The second-order valence-electron chi connectivity index (χ2n) is 5.35. The van der Waals surface area contributed by atoms with E-state index in [1.165, 1.54) is 7.11 Å². The van der Waals surface area contributed by atoms with Gasteiger partial charge < -0.3 is 14.1 Å². The van der Waals surface area contributed by atoms with Gasteiger partial charge in [-0.1, -0.05) is 13.3 Å². The number of nitrogens with zero attached hydrogens (tertiary/aromatic N) is 1. The molecule has 0 saturated heterocycles. The molecule has 1 aromatic rings. The minimum Gasteiger partial charge on any atom is -0.469 e. The number of furan rings is 1. The van der Waals surface area contributed by atoms with E-state index in [1.54, 1.807) is 24.2 Å². The largest absolute Gasteiger partial charge is 0.469 e. The lowest BCUT2D eigenvalue weighted by molar-refractivity contribution is -0.148. The van der Waals surface area contributed by atoms with Crippen LogP contribution in [0, 0.1) is 11.8 Å². The predicted molar refractivity (Wildman–Crippen MR) is 72.6 cm³/mol. The smallest absolute Gasteiger partial charge is 0.310 e. The second kappa shape index (κ2) is 6.59. The quantitative estimate of drug-likeness (QED) is 0.749. The Morgan fingerprint density at radius 1 is 1.50 bits per heavy atom. The number of amides is 1. The Kier molecular flexibility index (Phi) is 4.82. The van der Waals surface area contributed by atoms with Crippen LogP contribution >= 0.6 is 0 Å². The molecule has 110 valence electrons. The Bertz CT molecular complexity index is 450. The van der Waals surface area contributed by atoms with Crippen LogP contribution in [-0.2, 0) is 20.9 Å². The minimum absolute atomic E-state index is 0.106. The Balaban J connectivity index is 2.02. The fourth-order valence-corrected chi connectivity index (χ4v) is 2.34. The molecule has 1 saturated carbocycles. The number of hydrogen-bond donors (Lipinski definition) is 0. The monoisotopic (exact) mass is 279 g/mol. The number of ether oxygens (including phenoxy) is 1. The highest BCUT2D eigenvalue weighted by molar-refractivity contribution is 5.80. The van der Waals surface area contributed by atoms with Crippen LogP contribution in [0.15, 0.2) is 22.8 Å². The lowest BCUT2D eigenvalue weighted by Crippen LogP contribution is -2.42. The highest BCUT2D eigenvalue weighted by Gasteiger charge is 2.31. The Labute approximate surface area is 118 Å². The molecule has 0 aliphatic heterocycles. The summed E-state index contributed by atoms with van der Waals surface area (Å²) in [5.74, 6) is 0.322. The molecule has 0 radical (unpaired) electrons. The van der Waals surface area contributed by atoms with E-state index in [1.807, 2.05) is 6.07 Å². The summed E-state index contributed by atoms with van der Waals surface area (Å²) in [6.45, 7) is 2.54. The zero-order valence-electron chi connectivity index (χ0n) is 12.0. The van der Waals surface area contributed by atoms with E-state index in [0.717, 1.165) is 25.0 Å². The molecular formula is C15H21NO4. The number of hydrogen-bond acceptors (Lipinski definition) is 4. The van der Waals surface area contributed by atoms with Crippen molar-refractivity contribution >= 4 is 11.9 Å². The zero-order valence-corrected chi connectivity index (χ0v) is 12.0. The van der Waals surface area contributed by atoms with Gasteiger partial charge in [0.25, 0.3) is 0 Å². The molecule has 1 aliphatic carbocycles. The third-order valence-electron chi connectivity index (χ3n) is 3.79. The maximum absolute atomic E-state index is 12.4. The lowest BCUT2D eigenvalue weighted by Gasteiger charge is -2.32. The molecule has 1 unspecified atom stereocenters. The van der Waals surface area contributed by atoms with Gasteiger partial charge in [0.15, 0.2) is 0 Å². The fourth-order valence-electron chi connectivity index (χ4n) is 2.34. The van der Waals surface area contributed by atoms with Crippen LogP contribution < -0.4 is 0 Å². The van der Waals surface area contributed by atoms with Crippen LogP contribution in [0.5, 0.6) is 0 Å². The number of rotatable bonds is 6. The molecule has 1 amide bonds. The molecule has 0 bridgehead atoms. The van der Waals surface area contributed by atoms with Crippen LogP contribution in [0.4, 0.5) is 0 Å². The van der Waals surface area contributed by atoms with Crippen molar-refractivity contribution in [2.24, 2.45) is 11.8 Å². The molecule has 2 rings (SSSR count). The van der Waals surface area contributed by atoms with Crippen LogP contribution in [0.2, 0.25) is 0 Å². The molecule has 5 heteroatoms. The lowest BCUT2D eigenvalue weighted by atomic mass is 9.84. The van der Waals surface area contributed by atoms with Crippen molar-refractivity contribution in [3.8, 4) is 0 Å². The van der Waals surface area contributed by atoms with E-state index >= 15 is 0 Å². The van der Waals surface area contributed by atoms with E-state index in [4.69, 9.17) is 9.15 Å². The predicted octanol–water partition coefficient (Wildman–Crippen LogP) is 2.22. The third-order valence-corrected chi connectivity index (χ3v) is 3.79. The first-order valence-corrected chi connectivity index (χ1v) is 7.00. The van der Waals surface area contributed by atoms with Gasteiger partial charge in [-0.25, -0.2) is 0 Å². The summed E-state index contributed by atoms with van der Waals surface area (Å²) in [5, 5.41) is 0. The maximum atomic E-state index is 12.4. The molecule has 1 aromatic heterocycles. The third kappa shape index (κ3) is 3.40. The van der Waals surface area contributed by atoms with Crippen LogP contribution in [0.3, 0.4) is 0 Å². The van der Waals surface area contributed by atoms with Crippen molar-refractivity contribution in [1.82, 2.24) is 4.90 Å². The van der Waals surface area contributed by atoms with E-state index < -0.39 is 0 Å². The van der Waals surface area contributed by atoms with Crippen LogP contribution in [-0.4, -0.2) is 30.4 Å². The summed E-state index contributed by atoms with van der Waals surface area (Å²) in [4.78, 5) is 25.7. The number of methoxy groups -OCH3 is 1. The van der Waals surface area contributed by atoms with Gasteiger partial charge in [-0.05, 0) is 25.0 Å². The van der Waals surface area contributed by atoms with Crippen LogP contribution in [0.25, 0.3) is 0 Å². The first-order valence-electron chi connectivity index (χ1n) is 7.00. The molecule has 1 fully saturated rings. The van der Waals surface area contributed by atoms with Gasteiger partial charge in [-0.3, -0.25) is 9.59 Å². The first-order chi connectivity index (χ1) is 9.61. The number of carbonyl (C=O) groups is 2. The molecule has 1 heterocycles. The van der Waals surface area contributed by atoms with Gasteiger partial charge in [0.05, 0.1) is 25.8 Å². The van der Waals surface area contributed by atoms with Crippen molar-refractivity contribution in [1.29, 1.82) is 0 Å². The summed E-state index contributed by atoms with van der Waals surface area (Å²) >= 11 is 0. The van der Waals surface area contributed by atoms with Gasteiger partial charge in [-0.15, -0.1) is 0 Å². The number of esters is 1. The Morgan fingerprint density at radius 2 is 2.25 bits per heavy atom. The molecular weight excluding hydrogens is 258 g/mol. The summed E-state index contributed by atoms with van der Waals surface area (Å²) in [5.41, 5.74) is 0. The van der Waals surface area contributed by atoms with Crippen molar-refractivity contribution in [3.05, 3.63) is 24.2 Å². The van der Waals surface area contributed by atoms with Crippen molar-refractivity contribution in [2.45, 2.75) is 32.7 Å². The molecule has 0 N–H and O–H groups in total.